The van der Waals surface area contributed by atoms with E-state index < -0.39 is 12.1 Å². The van der Waals surface area contributed by atoms with Gasteiger partial charge in [-0.3, -0.25) is 19.4 Å². The minimum absolute atomic E-state index is 0.0414. The zero-order chi connectivity index (χ0) is 18.1. The zero-order valence-corrected chi connectivity index (χ0v) is 14.6. The standard InChI is InChI=1S/C18H24N4O3/c1-11(2)9-13(19)18(25)21-8-5-14-16(21)15(23)10-22(14)17(24)12-3-6-20-7-4-12/h3-4,6-7,11,13-14,16H,5,8-10,19H2,1-2H3. The quantitative estimate of drug-likeness (QED) is 0.855. The highest BCUT2D eigenvalue weighted by Gasteiger charge is 2.51. The molecular formula is C18H24N4O3. The summed E-state index contributed by atoms with van der Waals surface area (Å²) < 4.78 is 0. The van der Waals surface area contributed by atoms with Crippen molar-refractivity contribution in [3.63, 3.8) is 0 Å². The summed E-state index contributed by atoms with van der Waals surface area (Å²) in [6.45, 7) is 4.52. The van der Waals surface area contributed by atoms with Crippen LogP contribution in [-0.2, 0) is 9.59 Å². The molecule has 3 unspecified atom stereocenters. The molecule has 0 aromatic carbocycles. The number of aromatic nitrogens is 1. The van der Waals surface area contributed by atoms with Crippen LogP contribution in [-0.4, -0.2) is 63.6 Å². The van der Waals surface area contributed by atoms with Crippen LogP contribution in [0.25, 0.3) is 0 Å². The lowest BCUT2D eigenvalue weighted by Crippen LogP contribution is -2.50. The van der Waals surface area contributed by atoms with Gasteiger partial charge in [0.15, 0.2) is 5.78 Å². The predicted molar refractivity (Wildman–Crippen MR) is 91.6 cm³/mol. The maximum atomic E-state index is 12.7. The fourth-order valence-electron chi connectivity index (χ4n) is 3.82. The second-order valence-electron chi connectivity index (χ2n) is 7.20. The highest BCUT2D eigenvalue weighted by molar-refractivity contribution is 6.02. The minimum atomic E-state index is -0.600. The van der Waals surface area contributed by atoms with Gasteiger partial charge in [-0.2, -0.15) is 0 Å². The molecule has 7 heteroatoms. The summed E-state index contributed by atoms with van der Waals surface area (Å²) in [6.07, 6.45) is 4.30. The van der Waals surface area contributed by atoms with Crippen molar-refractivity contribution < 1.29 is 14.4 Å². The summed E-state index contributed by atoms with van der Waals surface area (Å²) in [4.78, 5) is 45.0. The largest absolute Gasteiger partial charge is 0.329 e. The summed E-state index contributed by atoms with van der Waals surface area (Å²) in [5, 5.41) is 0. The molecule has 2 fully saturated rings. The SMILES string of the molecule is CC(C)CC(N)C(=O)N1CCC2C1C(=O)CN2C(=O)c1ccncc1. The average molecular weight is 344 g/mol. The fourth-order valence-corrected chi connectivity index (χ4v) is 3.82. The Morgan fingerprint density at radius 2 is 1.96 bits per heavy atom. The van der Waals surface area contributed by atoms with Crippen LogP contribution in [0.15, 0.2) is 24.5 Å². The number of carbonyl (C=O) groups is 3. The Hall–Kier alpha value is -2.28. The van der Waals surface area contributed by atoms with Crippen molar-refractivity contribution in [2.24, 2.45) is 11.7 Å². The Balaban J connectivity index is 1.76. The van der Waals surface area contributed by atoms with Gasteiger partial charge in [0.1, 0.15) is 6.04 Å². The Labute approximate surface area is 147 Å². The molecule has 0 aliphatic carbocycles. The summed E-state index contributed by atoms with van der Waals surface area (Å²) in [5.74, 6) is -0.159. The number of hydrogen-bond acceptors (Lipinski definition) is 5. The lowest BCUT2D eigenvalue weighted by Gasteiger charge is -2.27. The normalized spacial score (nSPS) is 23.9. The van der Waals surface area contributed by atoms with E-state index in [0.29, 0.717) is 30.9 Å². The van der Waals surface area contributed by atoms with Crippen molar-refractivity contribution in [3.05, 3.63) is 30.1 Å². The number of ketones is 1. The molecule has 2 aliphatic heterocycles. The first-order valence-corrected chi connectivity index (χ1v) is 8.70. The van der Waals surface area contributed by atoms with Crippen LogP contribution in [0.5, 0.6) is 0 Å². The van der Waals surface area contributed by atoms with Crippen LogP contribution in [0.1, 0.15) is 37.0 Å². The Morgan fingerprint density at radius 1 is 1.28 bits per heavy atom. The highest BCUT2D eigenvalue weighted by atomic mass is 16.2. The first-order chi connectivity index (χ1) is 11.9. The molecule has 3 rings (SSSR count). The summed E-state index contributed by atoms with van der Waals surface area (Å²) in [6, 6.07) is 1.85. The Bertz CT molecular complexity index is 676. The molecule has 7 nitrogen and oxygen atoms in total. The maximum absolute atomic E-state index is 12.7. The van der Waals surface area contributed by atoms with Crippen molar-refractivity contribution in [3.8, 4) is 0 Å². The first kappa shape index (κ1) is 17.5. The number of pyridine rings is 1. The molecule has 0 radical (unpaired) electrons. The number of hydrogen-bond donors (Lipinski definition) is 1. The van der Waals surface area contributed by atoms with E-state index in [1.807, 2.05) is 13.8 Å². The van der Waals surface area contributed by atoms with Gasteiger partial charge in [0.25, 0.3) is 5.91 Å². The van der Waals surface area contributed by atoms with Crippen LogP contribution in [0, 0.1) is 5.92 Å². The Morgan fingerprint density at radius 3 is 2.60 bits per heavy atom. The van der Waals surface area contributed by atoms with Crippen molar-refractivity contribution in [1.29, 1.82) is 0 Å². The lowest BCUT2D eigenvalue weighted by atomic mass is 10.0. The van der Waals surface area contributed by atoms with E-state index in [9.17, 15) is 14.4 Å². The van der Waals surface area contributed by atoms with Gasteiger partial charge in [-0.15, -0.1) is 0 Å². The number of rotatable bonds is 4. The number of nitrogens with two attached hydrogens (primary N) is 1. The van der Waals surface area contributed by atoms with Gasteiger partial charge in [0.05, 0.1) is 18.6 Å². The van der Waals surface area contributed by atoms with Gasteiger partial charge in [0.2, 0.25) is 5.91 Å². The highest BCUT2D eigenvalue weighted by Crippen LogP contribution is 2.31. The second-order valence-corrected chi connectivity index (χ2v) is 7.20. The van der Waals surface area contributed by atoms with Gasteiger partial charge >= 0.3 is 0 Å². The molecular weight excluding hydrogens is 320 g/mol. The number of nitrogens with zero attached hydrogens (tertiary/aromatic N) is 3. The van der Waals surface area contributed by atoms with E-state index in [-0.39, 0.29) is 30.2 Å². The van der Waals surface area contributed by atoms with E-state index in [1.165, 1.54) is 0 Å². The van der Waals surface area contributed by atoms with Crippen LogP contribution < -0.4 is 5.73 Å². The maximum Gasteiger partial charge on any atom is 0.254 e. The van der Waals surface area contributed by atoms with Crippen LogP contribution in [0.4, 0.5) is 0 Å². The predicted octanol–water partition coefficient (Wildman–Crippen LogP) is 0.449. The van der Waals surface area contributed by atoms with Gasteiger partial charge in [-0.1, -0.05) is 13.8 Å². The van der Waals surface area contributed by atoms with E-state index in [0.717, 1.165) is 0 Å². The Kier molecular flexibility index (Phi) is 4.85. The smallest absolute Gasteiger partial charge is 0.254 e. The van der Waals surface area contributed by atoms with Gasteiger partial charge in [-0.05, 0) is 30.9 Å². The van der Waals surface area contributed by atoms with Gasteiger partial charge in [-0.25, -0.2) is 0 Å². The van der Waals surface area contributed by atoms with Crippen LogP contribution in [0.2, 0.25) is 0 Å². The number of carbonyl (C=O) groups excluding carboxylic acids is 3. The summed E-state index contributed by atoms with van der Waals surface area (Å²) >= 11 is 0. The molecule has 1 aromatic rings. The number of amides is 2. The molecule has 3 atom stereocenters. The third kappa shape index (κ3) is 3.28. The fraction of sp³-hybridized carbons (Fsp3) is 0.556. The minimum Gasteiger partial charge on any atom is -0.329 e. The number of likely N-dealkylation sites (tertiary alicyclic amines) is 2. The van der Waals surface area contributed by atoms with E-state index >= 15 is 0 Å². The average Bonchev–Trinajstić information content (AvgIpc) is 3.15. The van der Waals surface area contributed by atoms with E-state index in [4.69, 9.17) is 5.73 Å². The zero-order valence-electron chi connectivity index (χ0n) is 14.6. The van der Waals surface area contributed by atoms with Crippen LogP contribution >= 0.6 is 0 Å². The number of fused-ring (bicyclic) bond motifs is 1. The monoisotopic (exact) mass is 344 g/mol. The molecule has 1 aromatic heterocycles. The van der Waals surface area contributed by atoms with E-state index in [2.05, 4.69) is 4.98 Å². The second kappa shape index (κ2) is 6.92. The van der Waals surface area contributed by atoms with Gasteiger partial charge < -0.3 is 15.5 Å². The van der Waals surface area contributed by atoms with Crippen LogP contribution in [0.3, 0.4) is 0 Å². The summed E-state index contributed by atoms with van der Waals surface area (Å²) in [7, 11) is 0. The molecule has 0 bridgehead atoms. The van der Waals surface area contributed by atoms with Gasteiger partial charge in [0, 0.05) is 24.5 Å². The molecule has 0 spiro atoms. The van der Waals surface area contributed by atoms with Crippen molar-refractivity contribution >= 4 is 17.6 Å². The third-order valence-electron chi connectivity index (χ3n) is 4.94. The number of Topliss-reactive ketones (excluding diaryl/α,β-unsaturated/α-hetero) is 1. The van der Waals surface area contributed by atoms with E-state index in [1.54, 1.807) is 34.3 Å². The molecule has 3 heterocycles. The molecule has 0 saturated carbocycles. The molecule has 25 heavy (non-hydrogen) atoms. The third-order valence-corrected chi connectivity index (χ3v) is 4.94. The molecule has 2 aliphatic rings. The summed E-state index contributed by atoms with van der Waals surface area (Å²) in [5.41, 5.74) is 6.53. The molecule has 2 N–H and O–H groups in total. The topological polar surface area (TPSA) is 96.6 Å². The van der Waals surface area contributed by atoms with Crippen molar-refractivity contribution in [1.82, 2.24) is 14.8 Å². The molecule has 134 valence electrons. The lowest BCUT2D eigenvalue weighted by molar-refractivity contribution is -0.137. The molecule has 2 saturated heterocycles. The first-order valence-electron chi connectivity index (χ1n) is 8.70. The molecule has 2 amide bonds. The van der Waals surface area contributed by atoms with Crippen molar-refractivity contribution in [2.75, 3.05) is 13.1 Å². The van der Waals surface area contributed by atoms with Crippen molar-refractivity contribution in [2.45, 2.75) is 44.8 Å².